The van der Waals surface area contributed by atoms with Crippen LogP contribution in [-0.4, -0.2) is 30.0 Å². The third-order valence-electron chi connectivity index (χ3n) is 4.98. The van der Waals surface area contributed by atoms with Gasteiger partial charge in [0.1, 0.15) is 17.9 Å². The summed E-state index contributed by atoms with van der Waals surface area (Å²) in [5.74, 6) is 0.564. The molecule has 1 fully saturated rings. The standard InChI is InChI=1S/C20H20N2O3/c23-18-20(12-6-8-15-7-4-5-11-17(15)20)21-19(24)22(18)13-14-25-16-9-2-1-3-10-16/h1-5,7,9-11H,6,8,12-14H2,(H,21,24). The number of ether oxygens (including phenoxy) is 1. The van der Waals surface area contributed by atoms with Crippen molar-refractivity contribution in [1.29, 1.82) is 0 Å². The Morgan fingerprint density at radius 3 is 2.64 bits per heavy atom. The Balaban J connectivity index is 1.51. The molecule has 5 nitrogen and oxygen atoms in total. The van der Waals surface area contributed by atoms with Crippen LogP contribution < -0.4 is 10.1 Å². The number of hydrogen-bond donors (Lipinski definition) is 1. The highest BCUT2D eigenvalue weighted by molar-refractivity contribution is 6.07. The van der Waals surface area contributed by atoms with E-state index in [1.165, 1.54) is 4.90 Å². The maximum Gasteiger partial charge on any atom is 0.325 e. The minimum Gasteiger partial charge on any atom is -0.492 e. The van der Waals surface area contributed by atoms with E-state index in [0.29, 0.717) is 6.42 Å². The van der Waals surface area contributed by atoms with Crippen molar-refractivity contribution in [3.05, 3.63) is 65.7 Å². The summed E-state index contributed by atoms with van der Waals surface area (Å²) in [6.45, 7) is 0.518. The molecule has 1 atom stereocenters. The van der Waals surface area contributed by atoms with E-state index in [1.54, 1.807) is 0 Å². The molecular weight excluding hydrogens is 316 g/mol. The number of hydrogen-bond acceptors (Lipinski definition) is 3. The molecule has 4 rings (SSSR count). The number of fused-ring (bicyclic) bond motifs is 2. The lowest BCUT2D eigenvalue weighted by molar-refractivity contribution is -0.132. The van der Waals surface area contributed by atoms with Crippen molar-refractivity contribution in [3.8, 4) is 5.75 Å². The second-order valence-corrected chi connectivity index (χ2v) is 6.46. The molecule has 25 heavy (non-hydrogen) atoms. The van der Waals surface area contributed by atoms with E-state index >= 15 is 0 Å². The number of benzene rings is 2. The fraction of sp³-hybridized carbons (Fsp3) is 0.300. The number of amides is 3. The number of rotatable bonds is 4. The number of para-hydroxylation sites is 1. The first-order valence-corrected chi connectivity index (χ1v) is 8.61. The van der Waals surface area contributed by atoms with E-state index in [1.807, 2.05) is 54.6 Å². The fourth-order valence-corrected chi connectivity index (χ4v) is 3.79. The van der Waals surface area contributed by atoms with Gasteiger partial charge in [-0.3, -0.25) is 9.69 Å². The molecule has 2 aromatic carbocycles. The molecule has 0 bridgehead atoms. The first-order chi connectivity index (χ1) is 12.2. The summed E-state index contributed by atoms with van der Waals surface area (Å²) in [5, 5.41) is 2.96. The van der Waals surface area contributed by atoms with E-state index in [0.717, 1.165) is 29.7 Å². The molecule has 2 aromatic rings. The van der Waals surface area contributed by atoms with Gasteiger partial charge in [0.05, 0.1) is 6.54 Å². The Kier molecular flexibility index (Phi) is 3.92. The number of imide groups is 1. The summed E-state index contributed by atoms with van der Waals surface area (Å²) in [6.07, 6.45) is 2.47. The van der Waals surface area contributed by atoms with Gasteiger partial charge in [-0.05, 0) is 42.5 Å². The quantitative estimate of drug-likeness (QED) is 0.874. The predicted molar refractivity (Wildman–Crippen MR) is 93.2 cm³/mol. The van der Waals surface area contributed by atoms with E-state index in [2.05, 4.69) is 5.32 Å². The van der Waals surface area contributed by atoms with Crippen LogP contribution in [0.25, 0.3) is 0 Å². The van der Waals surface area contributed by atoms with Crippen molar-refractivity contribution < 1.29 is 14.3 Å². The zero-order valence-corrected chi connectivity index (χ0v) is 13.9. The van der Waals surface area contributed by atoms with Crippen molar-refractivity contribution >= 4 is 11.9 Å². The zero-order valence-electron chi connectivity index (χ0n) is 13.9. The van der Waals surface area contributed by atoms with Crippen molar-refractivity contribution in [3.63, 3.8) is 0 Å². The van der Waals surface area contributed by atoms with Crippen LogP contribution in [0.4, 0.5) is 4.79 Å². The van der Waals surface area contributed by atoms with E-state index in [9.17, 15) is 9.59 Å². The van der Waals surface area contributed by atoms with Gasteiger partial charge in [0.25, 0.3) is 5.91 Å². The molecule has 1 aliphatic carbocycles. The maximum absolute atomic E-state index is 13.1. The van der Waals surface area contributed by atoms with Crippen molar-refractivity contribution in [2.24, 2.45) is 0 Å². The molecule has 2 aliphatic rings. The van der Waals surface area contributed by atoms with Crippen LogP contribution in [0.1, 0.15) is 24.0 Å². The lowest BCUT2D eigenvalue weighted by atomic mass is 9.76. The van der Waals surface area contributed by atoms with Crippen LogP contribution in [0.15, 0.2) is 54.6 Å². The molecular formula is C20H20N2O3. The molecule has 0 aromatic heterocycles. The normalized spacial score (nSPS) is 22.0. The average Bonchev–Trinajstić information content (AvgIpc) is 2.88. The Labute approximate surface area is 146 Å². The van der Waals surface area contributed by atoms with Crippen molar-refractivity contribution in [2.45, 2.75) is 24.8 Å². The highest BCUT2D eigenvalue weighted by atomic mass is 16.5. The van der Waals surface area contributed by atoms with Crippen LogP contribution in [0.3, 0.4) is 0 Å². The summed E-state index contributed by atoms with van der Waals surface area (Å²) >= 11 is 0. The Bertz CT molecular complexity index is 806. The highest BCUT2D eigenvalue weighted by Crippen LogP contribution is 2.39. The Hall–Kier alpha value is -2.82. The molecule has 1 saturated heterocycles. The lowest BCUT2D eigenvalue weighted by Gasteiger charge is -2.33. The summed E-state index contributed by atoms with van der Waals surface area (Å²) in [4.78, 5) is 26.8. The van der Waals surface area contributed by atoms with Gasteiger partial charge in [0.2, 0.25) is 0 Å². The number of aryl methyl sites for hydroxylation is 1. The summed E-state index contributed by atoms with van der Waals surface area (Å²) in [5.41, 5.74) is 1.18. The highest BCUT2D eigenvalue weighted by Gasteiger charge is 2.53. The SMILES string of the molecule is O=C1NC2(CCCc3ccccc32)C(=O)N1CCOc1ccccc1. The fourth-order valence-electron chi connectivity index (χ4n) is 3.79. The molecule has 5 heteroatoms. The monoisotopic (exact) mass is 336 g/mol. The second-order valence-electron chi connectivity index (χ2n) is 6.46. The number of nitrogens with one attached hydrogen (secondary N) is 1. The molecule has 1 spiro atoms. The van der Waals surface area contributed by atoms with Gasteiger partial charge in [0.15, 0.2) is 0 Å². The maximum atomic E-state index is 13.1. The van der Waals surface area contributed by atoms with Gasteiger partial charge in [-0.1, -0.05) is 42.5 Å². The molecule has 128 valence electrons. The Morgan fingerprint density at radius 2 is 1.80 bits per heavy atom. The summed E-state index contributed by atoms with van der Waals surface area (Å²) < 4.78 is 5.64. The van der Waals surface area contributed by atoms with Gasteiger partial charge < -0.3 is 10.1 Å². The molecule has 1 aliphatic heterocycles. The number of nitrogens with zero attached hydrogens (tertiary/aromatic N) is 1. The molecule has 0 radical (unpaired) electrons. The first kappa shape index (κ1) is 15.7. The molecule has 0 saturated carbocycles. The predicted octanol–water partition coefficient (Wildman–Crippen LogP) is 2.85. The van der Waals surface area contributed by atoms with Crippen LogP contribution in [0, 0.1) is 0 Å². The minimum atomic E-state index is -0.904. The molecule has 1 heterocycles. The van der Waals surface area contributed by atoms with E-state index in [4.69, 9.17) is 4.74 Å². The second kappa shape index (κ2) is 6.24. The average molecular weight is 336 g/mol. The largest absolute Gasteiger partial charge is 0.492 e. The molecule has 1 N–H and O–H groups in total. The molecule has 1 unspecified atom stereocenters. The summed E-state index contributed by atoms with van der Waals surface area (Å²) in [7, 11) is 0. The van der Waals surface area contributed by atoms with Crippen LogP contribution in [0.2, 0.25) is 0 Å². The smallest absolute Gasteiger partial charge is 0.325 e. The summed E-state index contributed by atoms with van der Waals surface area (Å²) in [6, 6.07) is 16.9. The van der Waals surface area contributed by atoms with Crippen LogP contribution in [-0.2, 0) is 16.8 Å². The van der Waals surface area contributed by atoms with Gasteiger partial charge in [-0.2, -0.15) is 0 Å². The molecule has 3 amide bonds. The Morgan fingerprint density at radius 1 is 1.04 bits per heavy atom. The van der Waals surface area contributed by atoms with Crippen LogP contribution in [0.5, 0.6) is 5.75 Å². The number of urea groups is 1. The van der Waals surface area contributed by atoms with Gasteiger partial charge in [0, 0.05) is 0 Å². The van der Waals surface area contributed by atoms with Gasteiger partial charge in [-0.25, -0.2) is 4.79 Å². The third kappa shape index (κ3) is 2.65. The topological polar surface area (TPSA) is 58.6 Å². The number of carbonyl (C=O) groups excluding carboxylic acids is 2. The lowest BCUT2D eigenvalue weighted by Crippen LogP contribution is -2.46. The number of carbonyl (C=O) groups is 2. The zero-order chi connectivity index (χ0) is 17.3. The van der Waals surface area contributed by atoms with Gasteiger partial charge >= 0.3 is 6.03 Å². The van der Waals surface area contributed by atoms with Crippen LogP contribution >= 0.6 is 0 Å². The van der Waals surface area contributed by atoms with E-state index in [-0.39, 0.29) is 25.1 Å². The van der Waals surface area contributed by atoms with Crippen molar-refractivity contribution in [2.75, 3.05) is 13.2 Å². The van der Waals surface area contributed by atoms with Gasteiger partial charge in [-0.15, -0.1) is 0 Å². The third-order valence-corrected chi connectivity index (χ3v) is 4.98. The first-order valence-electron chi connectivity index (χ1n) is 8.61. The minimum absolute atomic E-state index is 0.165. The van der Waals surface area contributed by atoms with E-state index < -0.39 is 5.54 Å². The van der Waals surface area contributed by atoms with Crippen molar-refractivity contribution in [1.82, 2.24) is 10.2 Å².